The number of ether oxygens (including phenoxy) is 1. The van der Waals surface area contributed by atoms with Gasteiger partial charge >= 0.3 is 11.8 Å². The monoisotopic (exact) mass is 439 g/mol. The second kappa shape index (κ2) is 9.21. The number of anilines is 1. The van der Waals surface area contributed by atoms with Crippen LogP contribution in [0, 0.1) is 0 Å². The van der Waals surface area contributed by atoms with E-state index in [4.69, 9.17) is 16.3 Å². The lowest BCUT2D eigenvalue weighted by Gasteiger charge is -2.08. The molecule has 26 heavy (non-hydrogen) atoms. The normalized spacial score (nSPS) is 10.6. The summed E-state index contributed by atoms with van der Waals surface area (Å²) >= 11 is 9.01. The summed E-state index contributed by atoms with van der Waals surface area (Å²) in [7, 11) is 0. The van der Waals surface area contributed by atoms with Gasteiger partial charge in [-0.3, -0.25) is 9.59 Å². The van der Waals surface area contributed by atoms with Gasteiger partial charge in [0, 0.05) is 10.7 Å². The highest BCUT2D eigenvalue weighted by Gasteiger charge is 2.13. The summed E-state index contributed by atoms with van der Waals surface area (Å²) in [5.74, 6) is -1.59. The molecule has 7 nitrogen and oxygen atoms in total. The van der Waals surface area contributed by atoms with E-state index in [0.717, 1.165) is 0 Å². The Labute approximate surface area is 163 Å². The Morgan fingerprint density at radius 1 is 1.31 bits per heavy atom. The average Bonchev–Trinajstić information content (AvgIpc) is 2.59. The zero-order valence-electron chi connectivity index (χ0n) is 13.6. The van der Waals surface area contributed by atoms with Crippen LogP contribution in [0.1, 0.15) is 12.5 Å². The highest BCUT2D eigenvalue weighted by Crippen LogP contribution is 2.35. The van der Waals surface area contributed by atoms with E-state index >= 15 is 0 Å². The lowest BCUT2D eigenvalue weighted by atomic mass is 10.2. The molecule has 0 aromatic heterocycles. The molecule has 9 heteroatoms. The molecule has 2 amide bonds. The summed E-state index contributed by atoms with van der Waals surface area (Å²) in [6.07, 6.45) is 1.32. The quantitative estimate of drug-likeness (QED) is 0.377. The van der Waals surface area contributed by atoms with Gasteiger partial charge < -0.3 is 15.2 Å². The Hall–Kier alpha value is -2.58. The van der Waals surface area contributed by atoms with Crippen molar-refractivity contribution in [1.82, 2.24) is 5.43 Å². The van der Waals surface area contributed by atoms with Gasteiger partial charge in [0.2, 0.25) is 0 Å². The molecule has 136 valence electrons. The standard InChI is InChI=1S/C17H15BrClN3O4/c1-2-26-14-7-10(6-13(18)15(14)23)9-20-22-17(25)16(24)21-12-5-3-4-11(19)8-12/h3-9,23H,2H2,1H3,(H,21,24)(H,22,25)/b20-9+. The van der Waals surface area contributed by atoms with Crippen molar-refractivity contribution in [3.05, 3.63) is 51.5 Å². The van der Waals surface area contributed by atoms with E-state index in [1.807, 2.05) is 0 Å². The highest BCUT2D eigenvalue weighted by atomic mass is 79.9. The van der Waals surface area contributed by atoms with E-state index in [9.17, 15) is 14.7 Å². The third kappa shape index (κ3) is 5.47. The Balaban J connectivity index is 1.99. The Morgan fingerprint density at radius 3 is 2.77 bits per heavy atom. The molecule has 0 atom stereocenters. The predicted molar refractivity (Wildman–Crippen MR) is 103 cm³/mol. The largest absolute Gasteiger partial charge is 0.503 e. The van der Waals surface area contributed by atoms with Gasteiger partial charge in [0.15, 0.2) is 11.5 Å². The fourth-order valence-electron chi connectivity index (χ4n) is 1.90. The number of hydrazone groups is 1. The van der Waals surface area contributed by atoms with Crippen molar-refractivity contribution in [3.8, 4) is 11.5 Å². The van der Waals surface area contributed by atoms with E-state index in [0.29, 0.717) is 27.4 Å². The highest BCUT2D eigenvalue weighted by molar-refractivity contribution is 9.10. The number of nitrogens with zero attached hydrogens (tertiary/aromatic N) is 1. The fraction of sp³-hybridized carbons (Fsp3) is 0.118. The summed E-state index contributed by atoms with van der Waals surface area (Å²) in [6.45, 7) is 2.16. The minimum atomic E-state index is -0.941. The molecular weight excluding hydrogens is 426 g/mol. The summed E-state index contributed by atoms with van der Waals surface area (Å²) in [5, 5.41) is 16.4. The van der Waals surface area contributed by atoms with Crippen LogP contribution < -0.4 is 15.5 Å². The molecular formula is C17H15BrClN3O4. The summed E-state index contributed by atoms with van der Waals surface area (Å²) < 4.78 is 5.71. The predicted octanol–water partition coefficient (Wildman–Crippen LogP) is 3.30. The number of hydrogen-bond acceptors (Lipinski definition) is 5. The van der Waals surface area contributed by atoms with Crippen molar-refractivity contribution in [2.75, 3.05) is 11.9 Å². The number of hydrogen-bond donors (Lipinski definition) is 3. The van der Waals surface area contributed by atoms with Crippen LogP contribution >= 0.6 is 27.5 Å². The van der Waals surface area contributed by atoms with Crippen LogP contribution in [0.15, 0.2) is 46.0 Å². The van der Waals surface area contributed by atoms with Gasteiger partial charge in [-0.05, 0) is 58.7 Å². The molecule has 0 aliphatic rings. The van der Waals surface area contributed by atoms with Crippen molar-refractivity contribution < 1.29 is 19.4 Å². The van der Waals surface area contributed by atoms with E-state index in [1.165, 1.54) is 12.3 Å². The number of aromatic hydroxyl groups is 1. The van der Waals surface area contributed by atoms with Gasteiger partial charge in [-0.1, -0.05) is 17.7 Å². The third-order valence-electron chi connectivity index (χ3n) is 3.02. The molecule has 2 aromatic rings. The second-order valence-corrected chi connectivity index (χ2v) is 6.24. The molecule has 3 N–H and O–H groups in total. The summed E-state index contributed by atoms with van der Waals surface area (Å²) in [5.41, 5.74) is 3.06. The van der Waals surface area contributed by atoms with Gasteiger partial charge in [0.25, 0.3) is 0 Å². The zero-order chi connectivity index (χ0) is 19.1. The molecule has 0 bridgehead atoms. The number of phenols is 1. The number of halogens is 2. The van der Waals surface area contributed by atoms with Gasteiger partial charge in [0.1, 0.15) is 0 Å². The molecule has 0 fully saturated rings. The molecule has 0 heterocycles. The molecule has 0 saturated heterocycles. The lowest BCUT2D eigenvalue weighted by molar-refractivity contribution is -0.136. The molecule has 0 saturated carbocycles. The minimum absolute atomic E-state index is 0.0334. The number of nitrogens with one attached hydrogen (secondary N) is 2. The molecule has 0 spiro atoms. The van der Waals surface area contributed by atoms with Crippen LogP contribution in [-0.4, -0.2) is 29.7 Å². The molecule has 0 radical (unpaired) electrons. The Morgan fingerprint density at radius 2 is 2.08 bits per heavy atom. The maximum absolute atomic E-state index is 11.8. The number of carbonyl (C=O) groups excluding carboxylic acids is 2. The minimum Gasteiger partial charge on any atom is -0.503 e. The number of rotatable bonds is 5. The molecule has 0 aliphatic heterocycles. The van der Waals surface area contributed by atoms with E-state index < -0.39 is 11.8 Å². The summed E-state index contributed by atoms with van der Waals surface area (Å²) in [6, 6.07) is 9.54. The smallest absolute Gasteiger partial charge is 0.329 e. The first kappa shape index (κ1) is 19.7. The number of benzene rings is 2. The average molecular weight is 441 g/mol. The summed E-state index contributed by atoms with van der Waals surface area (Å²) in [4.78, 5) is 23.6. The maximum atomic E-state index is 11.8. The number of carbonyl (C=O) groups is 2. The van der Waals surface area contributed by atoms with Crippen molar-refractivity contribution in [1.29, 1.82) is 0 Å². The molecule has 2 rings (SSSR count). The second-order valence-electron chi connectivity index (χ2n) is 4.95. The lowest BCUT2D eigenvalue weighted by Crippen LogP contribution is -2.32. The molecule has 0 aliphatic carbocycles. The van der Waals surface area contributed by atoms with Crippen LogP contribution in [0.2, 0.25) is 5.02 Å². The zero-order valence-corrected chi connectivity index (χ0v) is 16.0. The van der Waals surface area contributed by atoms with Crippen LogP contribution in [0.5, 0.6) is 11.5 Å². The first-order valence-corrected chi connectivity index (χ1v) is 8.63. The van der Waals surface area contributed by atoms with E-state index in [2.05, 4.69) is 31.8 Å². The number of amides is 2. The van der Waals surface area contributed by atoms with Crippen LogP contribution in [0.25, 0.3) is 0 Å². The van der Waals surface area contributed by atoms with Gasteiger partial charge in [-0.2, -0.15) is 5.10 Å². The van der Waals surface area contributed by atoms with Crippen molar-refractivity contribution >= 4 is 51.2 Å². The van der Waals surface area contributed by atoms with Crippen LogP contribution in [-0.2, 0) is 9.59 Å². The Kier molecular flexibility index (Phi) is 6.99. The van der Waals surface area contributed by atoms with Crippen molar-refractivity contribution in [3.63, 3.8) is 0 Å². The van der Waals surface area contributed by atoms with Gasteiger partial charge in [0.05, 0.1) is 17.3 Å². The van der Waals surface area contributed by atoms with Crippen molar-refractivity contribution in [2.45, 2.75) is 6.92 Å². The first-order chi connectivity index (χ1) is 12.4. The van der Waals surface area contributed by atoms with Crippen molar-refractivity contribution in [2.24, 2.45) is 5.10 Å². The van der Waals surface area contributed by atoms with Gasteiger partial charge in [-0.25, -0.2) is 5.43 Å². The first-order valence-electron chi connectivity index (χ1n) is 7.46. The van der Waals surface area contributed by atoms with E-state index in [1.54, 1.807) is 37.3 Å². The van der Waals surface area contributed by atoms with Crippen LogP contribution in [0.4, 0.5) is 5.69 Å². The third-order valence-corrected chi connectivity index (χ3v) is 3.86. The number of phenolic OH excluding ortho intramolecular Hbond substituents is 1. The van der Waals surface area contributed by atoms with Gasteiger partial charge in [-0.15, -0.1) is 0 Å². The maximum Gasteiger partial charge on any atom is 0.329 e. The SMILES string of the molecule is CCOc1cc(/C=N/NC(=O)C(=O)Nc2cccc(Cl)c2)cc(Br)c1O. The Bertz CT molecular complexity index is 858. The van der Waals surface area contributed by atoms with Crippen LogP contribution in [0.3, 0.4) is 0 Å². The molecule has 2 aromatic carbocycles. The fourth-order valence-corrected chi connectivity index (χ4v) is 2.55. The molecule has 0 unspecified atom stereocenters. The topological polar surface area (TPSA) is 100 Å². The van der Waals surface area contributed by atoms with E-state index in [-0.39, 0.29) is 11.5 Å².